The van der Waals surface area contributed by atoms with Crippen molar-refractivity contribution in [1.82, 2.24) is 0 Å². The Labute approximate surface area is 168 Å². The van der Waals surface area contributed by atoms with Crippen LogP contribution in [0.25, 0.3) is 11.6 Å². The predicted molar refractivity (Wildman–Crippen MR) is 112 cm³/mol. The van der Waals surface area contributed by atoms with Crippen LogP contribution in [0.4, 0.5) is 5.69 Å². The fraction of sp³-hybridized carbons (Fsp3) is 0.0833. The molecule has 1 heterocycles. The molecular formula is C24H19NO4. The van der Waals surface area contributed by atoms with Gasteiger partial charge in [0.1, 0.15) is 0 Å². The van der Waals surface area contributed by atoms with Gasteiger partial charge >= 0.3 is 0 Å². The Balaban J connectivity index is 1.88. The molecule has 0 spiro atoms. The molecule has 0 saturated carbocycles. The summed E-state index contributed by atoms with van der Waals surface area (Å²) >= 11 is 0. The molecule has 0 radical (unpaired) electrons. The summed E-state index contributed by atoms with van der Waals surface area (Å²) < 4.78 is 5.08. The average Bonchev–Trinajstić information content (AvgIpc) is 2.71. The lowest BCUT2D eigenvalue weighted by Crippen LogP contribution is -2.41. The normalized spacial score (nSPS) is 14.8. The van der Waals surface area contributed by atoms with Gasteiger partial charge in [0.25, 0.3) is 11.8 Å². The number of rotatable bonds is 3. The van der Waals surface area contributed by atoms with E-state index >= 15 is 0 Å². The highest BCUT2D eigenvalue weighted by molar-refractivity contribution is 6.43. The second kappa shape index (κ2) is 7.28. The van der Waals surface area contributed by atoms with Crippen molar-refractivity contribution >= 4 is 29.2 Å². The molecule has 5 nitrogen and oxygen atoms in total. The Morgan fingerprint density at radius 3 is 2.34 bits per heavy atom. The van der Waals surface area contributed by atoms with Crippen LogP contribution in [0.2, 0.25) is 0 Å². The van der Waals surface area contributed by atoms with E-state index in [0.29, 0.717) is 33.7 Å². The minimum atomic E-state index is -0.408. The second-order valence-electron chi connectivity index (χ2n) is 6.82. The predicted octanol–water partition coefficient (Wildman–Crippen LogP) is 4.44. The maximum atomic E-state index is 13.4. The fourth-order valence-electron chi connectivity index (χ4n) is 3.46. The molecule has 3 aromatic carbocycles. The molecule has 0 aliphatic carbocycles. The van der Waals surface area contributed by atoms with Gasteiger partial charge in [0.2, 0.25) is 0 Å². The second-order valence-corrected chi connectivity index (χ2v) is 6.82. The van der Waals surface area contributed by atoms with Gasteiger partial charge in [-0.3, -0.25) is 9.59 Å². The number of phenolic OH excluding ortho intramolecular Hbond substituents is 1. The number of imide groups is 1. The Morgan fingerprint density at radius 2 is 1.66 bits per heavy atom. The smallest absolute Gasteiger partial charge is 0.265 e. The van der Waals surface area contributed by atoms with Crippen molar-refractivity contribution in [2.45, 2.75) is 6.92 Å². The molecule has 0 atom stereocenters. The van der Waals surface area contributed by atoms with Crippen molar-refractivity contribution in [2.24, 2.45) is 0 Å². The van der Waals surface area contributed by atoms with E-state index in [4.69, 9.17) is 4.74 Å². The summed E-state index contributed by atoms with van der Waals surface area (Å²) in [6.45, 7) is 1.91. The number of benzene rings is 3. The van der Waals surface area contributed by atoms with Crippen LogP contribution in [0.5, 0.6) is 11.5 Å². The van der Waals surface area contributed by atoms with E-state index in [9.17, 15) is 14.7 Å². The van der Waals surface area contributed by atoms with Gasteiger partial charge in [-0.1, -0.05) is 36.4 Å². The zero-order chi connectivity index (χ0) is 20.5. The summed E-state index contributed by atoms with van der Waals surface area (Å²) in [5.74, 6) is -0.440. The van der Waals surface area contributed by atoms with Crippen LogP contribution in [0.3, 0.4) is 0 Å². The summed E-state index contributed by atoms with van der Waals surface area (Å²) in [4.78, 5) is 27.7. The van der Waals surface area contributed by atoms with E-state index in [1.807, 2.05) is 19.1 Å². The van der Waals surface area contributed by atoms with Crippen molar-refractivity contribution < 1.29 is 19.4 Å². The topological polar surface area (TPSA) is 66.8 Å². The average molecular weight is 385 g/mol. The Morgan fingerprint density at radius 1 is 0.897 bits per heavy atom. The van der Waals surface area contributed by atoms with Crippen molar-refractivity contribution in [3.63, 3.8) is 0 Å². The van der Waals surface area contributed by atoms with Crippen molar-refractivity contribution in [1.29, 1.82) is 0 Å². The molecule has 29 heavy (non-hydrogen) atoms. The first kappa shape index (κ1) is 18.5. The molecule has 5 heteroatoms. The van der Waals surface area contributed by atoms with E-state index in [1.165, 1.54) is 18.1 Å². The lowest BCUT2D eigenvalue weighted by molar-refractivity contribution is -0.112. The van der Waals surface area contributed by atoms with E-state index in [1.54, 1.807) is 54.6 Å². The summed E-state index contributed by atoms with van der Waals surface area (Å²) in [5.41, 5.74) is 3.51. The molecular weight excluding hydrogens is 366 g/mol. The number of aryl methyl sites for hydroxylation is 1. The molecule has 3 aromatic rings. The maximum Gasteiger partial charge on any atom is 0.265 e. The van der Waals surface area contributed by atoms with Crippen molar-refractivity contribution in [2.75, 3.05) is 12.0 Å². The van der Waals surface area contributed by atoms with Gasteiger partial charge in [0, 0.05) is 11.1 Å². The molecule has 144 valence electrons. The van der Waals surface area contributed by atoms with E-state index < -0.39 is 5.91 Å². The molecule has 0 saturated heterocycles. The van der Waals surface area contributed by atoms with E-state index in [-0.39, 0.29) is 11.7 Å². The third kappa shape index (κ3) is 3.27. The molecule has 1 aliphatic heterocycles. The van der Waals surface area contributed by atoms with Gasteiger partial charge in [-0.05, 0) is 60.0 Å². The number of amides is 2. The largest absolute Gasteiger partial charge is 0.504 e. The lowest BCUT2D eigenvalue weighted by atomic mass is 9.91. The number of ether oxygens (including phenoxy) is 1. The summed E-state index contributed by atoms with van der Waals surface area (Å²) in [7, 11) is 1.47. The summed E-state index contributed by atoms with van der Waals surface area (Å²) in [6, 6.07) is 19.2. The zero-order valence-electron chi connectivity index (χ0n) is 16.0. The quantitative estimate of drug-likeness (QED) is 0.535. The number of fused-ring (bicyclic) bond motifs is 1. The molecule has 0 aromatic heterocycles. The number of hydrogen-bond acceptors (Lipinski definition) is 4. The summed E-state index contributed by atoms with van der Waals surface area (Å²) in [6.07, 6.45) is 1.68. The van der Waals surface area contributed by atoms with Gasteiger partial charge in [-0.2, -0.15) is 0 Å². The highest BCUT2D eigenvalue weighted by Crippen LogP contribution is 2.35. The molecule has 2 amide bonds. The maximum absolute atomic E-state index is 13.4. The first-order valence-electron chi connectivity index (χ1n) is 9.13. The highest BCUT2D eigenvalue weighted by Gasteiger charge is 2.35. The van der Waals surface area contributed by atoms with Crippen LogP contribution in [-0.2, 0) is 4.79 Å². The number of nitrogens with zero attached hydrogens (tertiary/aromatic N) is 1. The van der Waals surface area contributed by atoms with Crippen molar-refractivity contribution in [3.05, 3.63) is 89.0 Å². The lowest BCUT2D eigenvalue weighted by Gasteiger charge is -2.29. The van der Waals surface area contributed by atoms with Gasteiger partial charge < -0.3 is 9.84 Å². The number of methoxy groups -OCH3 is 1. The van der Waals surface area contributed by atoms with E-state index in [0.717, 1.165) is 5.56 Å². The van der Waals surface area contributed by atoms with Crippen LogP contribution < -0.4 is 9.64 Å². The Hall–Kier alpha value is -3.86. The minimum absolute atomic E-state index is 0.0231. The van der Waals surface area contributed by atoms with Gasteiger partial charge in [-0.25, -0.2) is 4.90 Å². The number of anilines is 1. The molecule has 0 unspecified atom stereocenters. The van der Waals surface area contributed by atoms with Crippen LogP contribution in [0.15, 0.2) is 66.7 Å². The molecule has 0 bridgehead atoms. The minimum Gasteiger partial charge on any atom is -0.504 e. The molecule has 0 fully saturated rings. The SMILES string of the molecule is COc1ccc(C=C2C(=O)N(c3cccc(C)c3)C(=O)c3ccccc32)cc1O. The number of phenols is 1. The van der Waals surface area contributed by atoms with Gasteiger partial charge in [-0.15, -0.1) is 0 Å². The first-order chi connectivity index (χ1) is 14.0. The molecule has 1 N–H and O–H groups in total. The molecule has 4 rings (SSSR count). The third-order valence-electron chi connectivity index (χ3n) is 4.86. The van der Waals surface area contributed by atoms with Crippen LogP contribution >= 0.6 is 0 Å². The third-order valence-corrected chi connectivity index (χ3v) is 4.86. The standard InChI is InChI=1S/C24H19NO4/c1-15-6-5-7-17(12-15)25-23(27)19-9-4-3-8-18(19)20(24(25)28)13-16-10-11-22(29-2)21(26)14-16/h3-14,26H,1-2H3. The van der Waals surface area contributed by atoms with Crippen LogP contribution in [0, 0.1) is 6.92 Å². The molecule has 1 aliphatic rings. The monoisotopic (exact) mass is 385 g/mol. The Bertz CT molecular complexity index is 1160. The van der Waals surface area contributed by atoms with Gasteiger partial charge in [0.15, 0.2) is 11.5 Å². The van der Waals surface area contributed by atoms with Gasteiger partial charge in [0.05, 0.1) is 12.8 Å². The van der Waals surface area contributed by atoms with E-state index in [2.05, 4.69) is 0 Å². The fourth-order valence-corrected chi connectivity index (χ4v) is 3.46. The number of hydrogen-bond donors (Lipinski definition) is 1. The number of aromatic hydroxyl groups is 1. The van der Waals surface area contributed by atoms with Crippen LogP contribution in [0.1, 0.15) is 27.0 Å². The number of carbonyl (C=O) groups is 2. The zero-order valence-corrected chi connectivity index (χ0v) is 16.0. The van der Waals surface area contributed by atoms with Crippen molar-refractivity contribution in [3.8, 4) is 11.5 Å². The number of carbonyl (C=O) groups excluding carboxylic acids is 2. The highest BCUT2D eigenvalue weighted by atomic mass is 16.5. The Kier molecular flexibility index (Phi) is 4.64. The van der Waals surface area contributed by atoms with Crippen LogP contribution in [-0.4, -0.2) is 24.0 Å². The summed E-state index contributed by atoms with van der Waals surface area (Å²) in [5, 5.41) is 10.1. The first-order valence-corrected chi connectivity index (χ1v) is 9.13.